The number of hydrogen-bond donors (Lipinski definition) is 2. The molecule has 1 aromatic rings. The number of amides is 2. The van der Waals surface area contributed by atoms with E-state index in [1.165, 1.54) is 14.2 Å². The number of nitrogens with zero attached hydrogens (tertiary/aromatic N) is 1. The van der Waals surface area contributed by atoms with Gasteiger partial charge in [0.15, 0.2) is 11.5 Å². The predicted octanol–water partition coefficient (Wildman–Crippen LogP) is 1.62. The normalized spacial score (nSPS) is 16.5. The molecular formula is C17H18N2O6S2. The van der Waals surface area contributed by atoms with Gasteiger partial charge in [0.05, 0.1) is 19.1 Å². The van der Waals surface area contributed by atoms with Gasteiger partial charge in [-0.1, -0.05) is 36.1 Å². The average molecular weight is 410 g/mol. The zero-order valence-electron chi connectivity index (χ0n) is 14.6. The molecular weight excluding hydrogens is 392 g/mol. The molecule has 0 spiro atoms. The molecule has 2 rings (SSSR count). The van der Waals surface area contributed by atoms with Gasteiger partial charge in [0.2, 0.25) is 5.91 Å². The topological polar surface area (TPSA) is 119 Å². The van der Waals surface area contributed by atoms with Crippen LogP contribution in [0.1, 0.15) is 18.4 Å². The van der Waals surface area contributed by atoms with E-state index < -0.39 is 23.8 Å². The summed E-state index contributed by atoms with van der Waals surface area (Å²) in [5.41, 5.74) is 5.67. The number of rotatable bonds is 8. The molecule has 1 atom stereocenters. The van der Waals surface area contributed by atoms with E-state index in [2.05, 4.69) is 0 Å². The minimum absolute atomic E-state index is 0.102. The number of nitrogens with two attached hydrogens (primary N) is 1. The van der Waals surface area contributed by atoms with Crippen LogP contribution in [0.4, 0.5) is 0 Å². The van der Waals surface area contributed by atoms with Gasteiger partial charge in [-0.2, -0.15) is 0 Å². The largest absolute Gasteiger partial charge is 0.493 e. The molecule has 1 aliphatic heterocycles. The molecule has 1 aromatic carbocycles. The third-order valence-corrected chi connectivity index (χ3v) is 5.13. The maximum Gasteiger partial charge on any atom is 0.326 e. The molecule has 0 aromatic heterocycles. The van der Waals surface area contributed by atoms with Gasteiger partial charge in [-0.25, -0.2) is 4.79 Å². The maximum absolute atomic E-state index is 12.8. The number of thioether (sulfide) groups is 1. The highest BCUT2D eigenvalue weighted by molar-refractivity contribution is 8.26. The van der Waals surface area contributed by atoms with Gasteiger partial charge in [-0.3, -0.25) is 14.5 Å². The molecule has 0 saturated carbocycles. The van der Waals surface area contributed by atoms with E-state index in [9.17, 15) is 19.5 Å². The molecule has 1 aliphatic rings. The Morgan fingerprint density at radius 1 is 1.37 bits per heavy atom. The number of carboxylic acid groups (broad SMARTS) is 1. The van der Waals surface area contributed by atoms with Gasteiger partial charge < -0.3 is 20.3 Å². The van der Waals surface area contributed by atoms with Crippen molar-refractivity contribution in [1.82, 2.24) is 4.90 Å². The van der Waals surface area contributed by atoms with Crippen LogP contribution in [0.2, 0.25) is 0 Å². The molecule has 3 N–H and O–H groups in total. The summed E-state index contributed by atoms with van der Waals surface area (Å²) in [5, 5.41) is 9.44. The Morgan fingerprint density at radius 3 is 2.63 bits per heavy atom. The summed E-state index contributed by atoms with van der Waals surface area (Å²) in [4.78, 5) is 36.6. The summed E-state index contributed by atoms with van der Waals surface area (Å²) in [5.74, 6) is -1.52. The van der Waals surface area contributed by atoms with Crippen molar-refractivity contribution in [1.29, 1.82) is 0 Å². The van der Waals surface area contributed by atoms with Gasteiger partial charge in [0.25, 0.3) is 5.91 Å². The van der Waals surface area contributed by atoms with Gasteiger partial charge >= 0.3 is 5.97 Å². The van der Waals surface area contributed by atoms with Crippen LogP contribution < -0.4 is 15.2 Å². The summed E-state index contributed by atoms with van der Waals surface area (Å²) in [6, 6.07) is 3.92. The lowest BCUT2D eigenvalue weighted by molar-refractivity contribution is -0.145. The second-order valence-corrected chi connectivity index (χ2v) is 7.17. The van der Waals surface area contributed by atoms with Crippen LogP contribution in [0, 0.1) is 0 Å². The standard InChI is InChI=1S/C17H18N2O6S2/c1-24-11-5-3-4-9(14(11)25-2)8-12-15(21)19(17(26)27-12)10(16(22)23)6-7-13(18)20/h3-5,8,10H,6-7H2,1-2H3,(H2,18,20)(H,22,23)/b12-8-. The molecule has 10 heteroatoms. The smallest absolute Gasteiger partial charge is 0.326 e. The van der Waals surface area contributed by atoms with Gasteiger partial charge in [0.1, 0.15) is 10.4 Å². The van der Waals surface area contributed by atoms with Crippen molar-refractivity contribution in [2.24, 2.45) is 5.73 Å². The fraction of sp³-hybridized carbons (Fsp3) is 0.294. The van der Waals surface area contributed by atoms with Gasteiger partial charge in [-0.15, -0.1) is 0 Å². The zero-order chi connectivity index (χ0) is 20.1. The Hall–Kier alpha value is -2.59. The number of para-hydroxylation sites is 1. The second-order valence-electron chi connectivity index (χ2n) is 5.49. The first kappa shape index (κ1) is 20.7. The van der Waals surface area contributed by atoms with Crippen LogP contribution in [-0.2, 0) is 14.4 Å². The SMILES string of the molecule is COc1cccc(/C=C2\SC(=S)N(C(CCC(N)=O)C(=O)O)C2=O)c1OC. The van der Waals surface area contributed by atoms with Crippen molar-refractivity contribution >= 4 is 52.2 Å². The van der Waals surface area contributed by atoms with Crippen LogP contribution in [0.25, 0.3) is 6.08 Å². The van der Waals surface area contributed by atoms with Crippen molar-refractivity contribution in [3.63, 3.8) is 0 Å². The highest BCUT2D eigenvalue weighted by Crippen LogP contribution is 2.38. The number of carboxylic acids is 1. The van der Waals surface area contributed by atoms with Crippen LogP contribution in [0.3, 0.4) is 0 Å². The molecule has 144 valence electrons. The Balaban J connectivity index is 2.36. The van der Waals surface area contributed by atoms with E-state index in [4.69, 9.17) is 27.4 Å². The number of benzene rings is 1. The monoisotopic (exact) mass is 410 g/mol. The van der Waals surface area contributed by atoms with Gasteiger partial charge in [-0.05, 0) is 18.6 Å². The van der Waals surface area contributed by atoms with Crippen molar-refractivity contribution in [2.75, 3.05) is 14.2 Å². The summed E-state index contributed by atoms with van der Waals surface area (Å²) in [7, 11) is 2.97. The number of carbonyl (C=O) groups excluding carboxylic acids is 2. The highest BCUT2D eigenvalue weighted by atomic mass is 32.2. The Kier molecular flexibility index (Phi) is 6.81. The number of hydrogen-bond acceptors (Lipinski definition) is 7. The zero-order valence-corrected chi connectivity index (χ0v) is 16.3. The molecule has 1 saturated heterocycles. The Bertz CT molecular complexity index is 824. The van der Waals surface area contributed by atoms with Crippen LogP contribution in [0.5, 0.6) is 11.5 Å². The quantitative estimate of drug-likeness (QED) is 0.490. The van der Waals surface area contributed by atoms with E-state index >= 15 is 0 Å². The third-order valence-electron chi connectivity index (χ3n) is 3.80. The lowest BCUT2D eigenvalue weighted by Gasteiger charge is -2.22. The molecule has 2 amide bonds. The Labute approximate surface area is 165 Å². The van der Waals surface area contributed by atoms with Crippen LogP contribution in [0.15, 0.2) is 23.1 Å². The molecule has 27 heavy (non-hydrogen) atoms. The summed E-state index contributed by atoms with van der Waals surface area (Å²) < 4.78 is 10.7. The number of methoxy groups -OCH3 is 2. The third kappa shape index (κ3) is 4.58. The fourth-order valence-electron chi connectivity index (χ4n) is 2.56. The Morgan fingerprint density at radius 2 is 2.07 bits per heavy atom. The highest BCUT2D eigenvalue weighted by Gasteiger charge is 2.40. The predicted molar refractivity (Wildman–Crippen MR) is 104 cm³/mol. The molecule has 1 unspecified atom stereocenters. The number of primary amides is 1. The molecule has 1 fully saturated rings. The molecule has 0 bridgehead atoms. The molecule has 1 heterocycles. The lowest BCUT2D eigenvalue weighted by Crippen LogP contribution is -2.44. The number of carbonyl (C=O) groups is 3. The molecule has 8 nitrogen and oxygen atoms in total. The summed E-state index contributed by atoms with van der Waals surface area (Å²) in [6.07, 6.45) is 1.28. The lowest BCUT2D eigenvalue weighted by atomic mass is 10.1. The number of ether oxygens (including phenoxy) is 2. The van der Waals surface area contributed by atoms with E-state index in [0.717, 1.165) is 16.7 Å². The van der Waals surface area contributed by atoms with Crippen molar-refractivity contribution in [2.45, 2.75) is 18.9 Å². The number of thiocarbonyl (C=S) groups is 1. The first-order valence-electron chi connectivity index (χ1n) is 7.79. The van der Waals surface area contributed by atoms with E-state index in [0.29, 0.717) is 17.1 Å². The average Bonchev–Trinajstić information content (AvgIpc) is 2.88. The minimum atomic E-state index is -1.26. The van der Waals surface area contributed by atoms with Crippen LogP contribution in [-0.4, -0.2) is 52.4 Å². The molecule has 0 aliphatic carbocycles. The maximum atomic E-state index is 12.8. The van der Waals surface area contributed by atoms with Crippen molar-refractivity contribution < 1.29 is 29.0 Å². The molecule has 0 radical (unpaired) electrons. The summed E-state index contributed by atoms with van der Waals surface area (Å²) >= 11 is 6.17. The van der Waals surface area contributed by atoms with Crippen molar-refractivity contribution in [3.8, 4) is 11.5 Å². The first-order chi connectivity index (χ1) is 12.8. The van der Waals surface area contributed by atoms with E-state index in [-0.39, 0.29) is 22.1 Å². The second kappa shape index (κ2) is 8.87. The van der Waals surface area contributed by atoms with Crippen molar-refractivity contribution in [3.05, 3.63) is 28.7 Å². The van der Waals surface area contributed by atoms with Crippen LogP contribution >= 0.6 is 24.0 Å². The number of aliphatic carboxylic acids is 1. The minimum Gasteiger partial charge on any atom is -0.493 e. The van der Waals surface area contributed by atoms with E-state index in [1.807, 2.05) is 0 Å². The van der Waals surface area contributed by atoms with E-state index in [1.54, 1.807) is 24.3 Å². The van der Waals surface area contributed by atoms with Gasteiger partial charge in [0, 0.05) is 12.0 Å². The first-order valence-corrected chi connectivity index (χ1v) is 9.01. The summed E-state index contributed by atoms with van der Waals surface area (Å²) in [6.45, 7) is 0. The fourth-order valence-corrected chi connectivity index (χ4v) is 3.91.